The van der Waals surface area contributed by atoms with E-state index in [1.807, 2.05) is 62.3 Å². The highest BCUT2D eigenvalue weighted by atomic mass is 16.5. The Morgan fingerprint density at radius 2 is 0.247 bits per heavy atom. The highest BCUT2D eigenvalue weighted by Gasteiger charge is 2.42. The Morgan fingerprint density at radius 3 is 0.358 bits per heavy atom. The predicted molar refractivity (Wildman–Crippen MR) is 306 cm³/mol. The van der Waals surface area contributed by atoms with Gasteiger partial charge in [-0.2, -0.15) is 0 Å². The molecule has 4 atom stereocenters. The lowest BCUT2D eigenvalue weighted by Gasteiger charge is -2.40. The maximum atomic E-state index is 11.1. The first-order valence-electron chi connectivity index (χ1n) is 29.8. The van der Waals surface area contributed by atoms with Crippen molar-refractivity contribution in [1.29, 1.82) is 0 Å². The van der Waals surface area contributed by atoms with E-state index < -0.39 is 54.1 Å². The van der Waals surface area contributed by atoms with Crippen molar-refractivity contribution < 1.29 is 109 Å². The fourth-order valence-corrected chi connectivity index (χ4v) is 8.72. The maximum absolute atomic E-state index is 11.1. The minimum absolute atomic E-state index is 0.0149. The molecule has 22 nitrogen and oxygen atoms in total. The van der Waals surface area contributed by atoms with Crippen molar-refractivity contribution in [2.24, 2.45) is 54.1 Å². The third-order valence-corrected chi connectivity index (χ3v) is 18.5. The molecule has 0 bridgehead atoms. The van der Waals surface area contributed by atoms with E-state index in [0.717, 1.165) is 0 Å². The van der Waals surface area contributed by atoms with Crippen LogP contribution in [0.1, 0.15) is 120 Å². The molecule has 0 saturated carbocycles. The van der Waals surface area contributed by atoms with Gasteiger partial charge in [0.05, 0.1) is 210 Å². The molecule has 0 aliphatic carbocycles. The van der Waals surface area contributed by atoms with Gasteiger partial charge >= 0.3 is 0 Å². The summed E-state index contributed by atoms with van der Waals surface area (Å²) in [7, 11) is 0. The molecule has 0 fully saturated rings. The lowest BCUT2D eigenvalue weighted by atomic mass is 9.85. The van der Waals surface area contributed by atoms with Crippen LogP contribution in [-0.2, 0) is 42.6 Å². The summed E-state index contributed by atoms with van der Waals surface area (Å²) < 4.78 is 57.7. The second kappa shape index (κ2) is 41.3. The second-order valence-corrected chi connectivity index (χ2v) is 24.7. The van der Waals surface area contributed by atoms with E-state index in [0.29, 0.717) is 57.8 Å². The number of ether oxygens (including phenoxy) is 9. The van der Waals surface area contributed by atoms with Gasteiger partial charge in [0, 0.05) is 48.7 Å². The SMILES string of the molecule is CCC(CO)(CO)COCC(CC)(CO)COCC(CC)(CO)COCC(COCC(CC)(CO)CO)(COCC(CC)(CO)COCC(CC)(CO)CO)COCC(CC)(COCC(CC)(CO)CO)COCC(CC)(CO)CO. The van der Waals surface area contributed by atoms with Crippen LogP contribution in [0.2, 0.25) is 0 Å². The Kier molecular flexibility index (Phi) is 40.9. The Labute approximate surface area is 486 Å². The first-order chi connectivity index (χ1) is 38.7. The second-order valence-electron chi connectivity index (χ2n) is 24.7. The molecule has 0 heterocycles. The number of hydrogen-bond acceptors (Lipinski definition) is 22. The lowest BCUT2D eigenvalue weighted by Crippen LogP contribution is -2.48. The van der Waals surface area contributed by atoms with Gasteiger partial charge in [-0.05, 0) is 57.8 Å². The molecule has 0 rings (SSSR count). The van der Waals surface area contributed by atoms with Gasteiger partial charge in [0.2, 0.25) is 0 Å². The number of hydrogen-bond donors (Lipinski definition) is 13. The summed E-state index contributed by atoms with van der Waals surface area (Å²) in [5.41, 5.74) is -9.30. The fraction of sp³-hybridized carbons (Fsp3) is 1.00. The fourth-order valence-electron chi connectivity index (χ4n) is 8.72. The van der Waals surface area contributed by atoms with Gasteiger partial charge in [-0.3, -0.25) is 0 Å². The summed E-state index contributed by atoms with van der Waals surface area (Å²) in [6.45, 7) is 12.8. The molecule has 0 radical (unpaired) electrons. The molecule has 22 heteroatoms. The summed E-state index contributed by atoms with van der Waals surface area (Å²) in [4.78, 5) is 0. The third kappa shape index (κ3) is 25.0. The minimum Gasteiger partial charge on any atom is -0.396 e. The topological polar surface area (TPSA) is 346 Å². The van der Waals surface area contributed by atoms with Crippen LogP contribution in [0, 0.1) is 54.1 Å². The van der Waals surface area contributed by atoms with Gasteiger partial charge in [-0.25, -0.2) is 0 Å². The van der Waals surface area contributed by atoms with Gasteiger partial charge in [0.25, 0.3) is 0 Å². The molecule has 0 aromatic heterocycles. The Balaban J connectivity index is 7.53. The molecule has 81 heavy (non-hydrogen) atoms. The molecule has 13 N–H and O–H groups in total. The van der Waals surface area contributed by atoms with E-state index in [4.69, 9.17) is 42.6 Å². The van der Waals surface area contributed by atoms with Crippen molar-refractivity contribution in [3.05, 3.63) is 0 Å². The van der Waals surface area contributed by atoms with E-state index in [1.165, 1.54) is 0 Å². The summed E-state index contributed by atoms with van der Waals surface area (Å²) in [5, 5.41) is 135. The zero-order chi connectivity index (χ0) is 61.6. The van der Waals surface area contributed by atoms with E-state index in [2.05, 4.69) is 0 Å². The van der Waals surface area contributed by atoms with Crippen LogP contribution in [-0.4, -0.2) is 271 Å². The molecule has 0 aromatic rings. The van der Waals surface area contributed by atoms with Crippen LogP contribution in [0.3, 0.4) is 0 Å². The van der Waals surface area contributed by atoms with Crippen LogP contribution in [0.15, 0.2) is 0 Å². The first-order valence-corrected chi connectivity index (χ1v) is 29.8. The molecule has 0 saturated heterocycles. The zero-order valence-corrected chi connectivity index (χ0v) is 51.8. The Hall–Kier alpha value is -0.880. The molecule has 488 valence electrons. The van der Waals surface area contributed by atoms with E-state index >= 15 is 0 Å². The summed E-state index contributed by atoms with van der Waals surface area (Å²) >= 11 is 0. The highest BCUT2D eigenvalue weighted by molar-refractivity contribution is 4.89. The van der Waals surface area contributed by atoms with E-state index in [9.17, 15) is 66.4 Å². The molecule has 4 unspecified atom stereocenters. The molecular weight excluding hydrogens is 1060 g/mol. The van der Waals surface area contributed by atoms with Crippen molar-refractivity contribution >= 4 is 0 Å². The van der Waals surface area contributed by atoms with Gasteiger partial charge < -0.3 is 109 Å². The lowest BCUT2D eigenvalue weighted by molar-refractivity contribution is -0.163. The van der Waals surface area contributed by atoms with Crippen molar-refractivity contribution in [2.45, 2.75) is 120 Å². The van der Waals surface area contributed by atoms with Crippen molar-refractivity contribution in [3.63, 3.8) is 0 Å². The monoisotopic (exact) mass is 1180 g/mol. The van der Waals surface area contributed by atoms with Gasteiger partial charge in [0.1, 0.15) is 0 Å². The minimum atomic E-state index is -1.19. The summed E-state index contributed by atoms with van der Waals surface area (Å²) in [6.07, 6.45) is 3.95. The molecule has 0 aromatic carbocycles. The van der Waals surface area contributed by atoms with Crippen molar-refractivity contribution in [3.8, 4) is 0 Å². The average molecular weight is 1180 g/mol. The largest absolute Gasteiger partial charge is 0.396 e. The van der Waals surface area contributed by atoms with Crippen LogP contribution in [0.25, 0.3) is 0 Å². The predicted octanol–water partition coefficient (Wildman–Crippen LogP) is 1.59. The van der Waals surface area contributed by atoms with E-state index in [1.54, 1.807) is 0 Å². The molecule has 0 spiro atoms. The van der Waals surface area contributed by atoms with Crippen LogP contribution >= 0.6 is 0 Å². The maximum Gasteiger partial charge on any atom is 0.0637 e. The first kappa shape index (κ1) is 80.1. The Morgan fingerprint density at radius 1 is 0.148 bits per heavy atom. The van der Waals surface area contributed by atoms with E-state index in [-0.39, 0.29) is 205 Å². The average Bonchev–Trinajstić information content (AvgIpc) is 3.52. The standard InChI is InChI=1S/C59H120O22/c1-10-50(19-60,20-61)32-73-37-55(15-6,29-70)39-78-40-57(17-8,31-72)42-80-48-59(46-77-36-54(14-5,27-68)28-69,47-79-41-56(16-7,30-71)38-74-33-51(11-2,21-62)22-63)49-81-45-58(18-9,43-75-34-52(12-3,23-64)24-65)44-76-35-53(13-4,25-66)26-67/h60-72H,10-49H2,1-9H3. The van der Waals surface area contributed by atoms with Crippen LogP contribution < -0.4 is 0 Å². The van der Waals surface area contributed by atoms with Crippen LogP contribution in [0.4, 0.5) is 0 Å². The molecule has 0 aliphatic heterocycles. The smallest absolute Gasteiger partial charge is 0.0637 e. The van der Waals surface area contributed by atoms with Crippen molar-refractivity contribution in [2.75, 3.05) is 205 Å². The van der Waals surface area contributed by atoms with Gasteiger partial charge in [0.15, 0.2) is 0 Å². The molecule has 0 amide bonds. The van der Waals surface area contributed by atoms with Gasteiger partial charge in [-0.1, -0.05) is 62.3 Å². The zero-order valence-electron chi connectivity index (χ0n) is 51.8. The molecule has 0 aliphatic rings. The summed E-state index contributed by atoms with van der Waals surface area (Å²) in [6, 6.07) is 0. The highest BCUT2D eigenvalue weighted by Crippen LogP contribution is 2.35. The summed E-state index contributed by atoms with van der Waals surface area (Å²) in [5.74, 6) is 0. The number of aliphatic hydroxyl groups is 13. The quantitative estimate of drug-likeness (QED) is 0.0411. The van der Waals surface area contributed by atoms with Crippen molar-refractivity contribution in [1.82, 2.24) is 0 Å². The van der Waals surface area contributed by atoms with Crippen LogP contribution in [0.5, 0.6) is 0 Å². The number of aliphatic hydroxyl groups excluding tert-OH is 13. The Bertz CT molecular complexity index is 1430. The normalized spacial score (nSPS) is 16.4. The molecular formula is C59H120O22. The van der Waals surface area contributed by atoms with Gasteiger partial charge in [-0.15, -0.1) is 0 Å². The third-order valence-electron chi connectivity index (χ3n) is 18.5. The number of rotatable bonds is 58.